The molecule has 1 saturated heterocycles. The van der Waals surface area contributed by atoms with Crippen LogP contribution in [0.3, 0.4) is 0 Å². The highest BCUT2D eigenvalue weighted by Gasteiger charge is 2.20. The molecule has 2 heterocycles. The summed E-state index contributed by atoms with van der Waals surface area (Å²) in [5.74, 6) is 1.28. The number of carbonyl (C=O) groups is 2. The molecule has 1 aromatic carbocycles. The second kappa shape index (κ2) is 8.82. The minimum atomic E-state index is -0.382. The molecule has 3 rings (SSSR count). The molecule has 0 saturated carbocycles. The highest BCUT2D eigenvalue weighted by molar-refractivity contribution is 6.03. The zero-order valence-electron chi connectivity index (χ0n) is 16.6. The van der Waals surface area contributed by atoms with Gasteiger partial charge in [-0.25, -0.2) is 14.8 Å². The monoisotopic (exact) mass is 382 g/mol. The van der Waals surface area contributed by atoms with Crippen LogP contribution in [0.2, 0.25) is 0 Å². The fraction of sp³-hybridized carbons (Fsp3) is 0.429. The third-order valence-electron chi connectivity index (χ3n) is 4.69. The van der Waals surface area contributed by atoms with E-state index in [-0.39, 0.29) is 11.9 Å². The lowest BCUT2D eigenvalue weighted by Crippen LogP contribution is -2.35. The van der Waals surface area contributed by atoms with E-state index in [1.54, 1.807) is 44.2 Å². The zero-order chi connectivity index (χ0) is 20.1. The summed E-state index contributed by atoms with van der Waals surface area (Å²) in [6.07, 6.45) is 2.34. The maximum Gasteiger partial charge on any atom is 0.338 e. The highest BCUT2D eigenvalue weighted by atomic mass is 16.5. The van der Waals surface area contributed by atoms with Crippen molar-refractivity contribution in [3.63, 3.8) is 0 Å². The Bertz CT molecular complexity index is 851. The fourth-order valence-electron chi connectivity index (χ4n) is 3.33. The second-order valence-corrected chi connectivity index (χ2v) is 7.10. The van der Waals surface area contributed by atoms with Gasteiger partial charge in [-0.1, -0.05) is 6.92 Å². The maximum absolute atomic E-state index is 12.7. The van der Waals surface area contributed by atoms with E-state index in [1.165, 1.54) is 6.42 Å². The van der Waals surface area contributed by atoms with Crippen molar-refractivity contribution in [2.75, 3.05) is 29.9 Å². The Kier molecular flexibility index (Phi) is 6.23. The van der Waals surface area contributed by atoms with E-state index in [0.29, 0.717) is 35.3 Å². The number of amides is 1. The molecule has 28 heavy (non-hydrogen) atoms. The molecule has 2 aromatic rings. The number of carbonyl (C=O) groups excluding carboxylic acids is 2. The standard InChI is InChI=1S/C21H26N4O3/c1-4-28-21(27)16-7-9-17(10-8-16)24-20(26)18-12-19(23-15(3)22-18)25-11-5-6-14(2)13-25/h7-10,12,14H,4-6,11,13H2,1-3H3,(H,24,26). The summed E-state index contributed by atoms with van der Waals surface area (Å²) in [6.45, 7) is 7.98. The number of rotatable bonds is 5. The molecular formula is C21H26N4O3. The molecule has 0 bridgehead atoms. The van der Waals surface area contributed by atoms with Crippen LogP contribution in [0, 0.1) is 12.8 Å². The molecule has 1 N–H and O–H groups in total. The van der Waals surface area contributed by atoms with Crippen LogP contribution in [0.5, 0.6) is 0 Å². The number of ether oxygens (including phenoxy) is 1. The van der Waals surface area contributed by atoms with E-state index in [1.807, 2.05) is 0 Å². The van der Waals surface area contributed by atoms with Gasteiger partial charge in [0.15, 0.2) is 0 Å². The number of esters is 1. The van der Waals surface area contributed by atoms with E-state index < -0.39 is 0 Å². The Balaban J connectivity index is 1.72. The summed E-state index contributed by atoms with van der Waals surface area (Å²) in [6, 6.07) is 8.34. The number of anilines is 2. The fourth-order valence-corrected chi connectivity index (χ4v) is 3.33. The Hall–Kier alpha value is -2.96. The van der Waals surface area contributed by atoms with Crippen molar-refractivity contribution >= 4 is 23.4 Å². The predicted octanol–water partition coefficient (Wildman–Crippen LogP) is 3.45. The van der Waals surface area contributed by atoms with Crippen LogP contribution < -0.4 is 10.2 Å². The molecular weight excluding hydrogens is 356 g/mol. The van der Waals surface area contributed by atoms with Crippen molar-refractivity contribution < 1.29 is 14.3 Å². The Labute approximate surface area is 165 Å². The molecule has 0 spiro atoms. The molecule has 1 fully saturated rings. The third kappa shape index (κ3) is 4.85. The molecule has 1 unspecified atom stereocenters. The van der Waals surface area contributed by atoms with Gasteiger partial charge in [0.25, 0.3) is 5.91 Å². The molecule has 1 atom stereocenters. The van der Waals surface area contributed by atoms with Crippen LogP contribution >= 0.6 is 0 Å². The minimum Gasteiger partial charge on any atom is -0.462 e. The number of piperidine rings is 1. The molecule has 0 radical (unpaired) electrons. The summed E-state index contributed by atoms with van der Waals surface area (Å²) in [5.41, 5.74) is 1.36. The minimum absolute atomic E-state index is 0.305. The lowest BCUT2D eigenvalue weighted by atomic mass is 10.0. The molecule has 1 aromatic heterocycles. The molecule has 1 aliphatic rings. The molecule has 0 aliphatic carbocycles. The molecule has 148 valence electrons. The summed E-state index contributed by atoms with van der Waals surface area (Å²) in [7, 11) is 0. The van der Waals surface area contributed by atoms with Crippen LogP contribution in [0.25, 0.3) is 0 Å². The van der Waals surface area contributed by atoms with Gasteiger partial charge in [0.1, 0.15) is 17.3 Å². The van der Waals surface area contributed by atoms with Crippen LogP contribution in [-0.2, 0) is 4.74 Å². The van der Waals surface area contributed by atoms with E-state index in [9.17, 15) is 9.59 Å². The average molecular weight is 382 g/mol. The SMILES string of the molecule is CCOC(=O)c1ccc(NC(=O)c2cc(N3CCCC(C)C3)nc(C)n2)cc1. The third-order valence-corrected chi connectivity index (χ3v) is 4.69. The topological polar surface area (TPSA) is 84.4 Å². The van der Waals surface area contributed by atoms with Crippen molar-refractivity contribution in [1.29, 1.82) is 0 Å². The van der Waals surface area contributed by atoms with Crippen LogP contribution in [-0.4, -0.2) is 41.5 Å². The van der Waals surface area contributed by atoms with Gasteiger partial charge in [0, 0.05) is 24.8 Å². The number of benzene rings is 1. The van der Waals surface area contributed by atoms with E-state index in [0.717, 1.165) is 25.3 Å². The predicted molar refractivity (Wildman–Crippen MR) is 108 cm³/mol. The second-order valence-electron chi connectivity index (χ2n) is 7.10. The van der Waals surface area contributed by atoms with Gasteiger partial charge < -0.3 is 15.0 Å². The van der Waals surface area contributed by atoms with E-state index in [4.69, 9.17) is 4.74 Å². The summed E-state index contributed by atoms with van der Waals surface area (Å²) >= 11 is 0. The van der Waals surface area contributed by atoms with Crippen molar-refractivity contribution in [2.45, 2.75) is 33.6 Å². The van der Waals surface area contributed by atoms with Crippen LogP contribution in [0.1, 0.15) is 53.4 Å². The summed E-state index contributed by atoms with van der Waals surface area (Å²) in [5, 5.41) is 2.82. The Morgan fingerprint density at radius 3 is 2.68 bits per heavy atom. The van der Waals surface area contributed by atoms with Crippen LogP contribution in [0.15, 0.2) is 30.3 Å². The maximum atomic E-state index is 12.7. The van der Waals surface area contributed by atoms with Crippen molar-refractivity contribution in [2.24, 2.45) is 5.92 Å². The molecule has 1 amide bonds. The molecule has 7 nitrogen and oxygen atoms in total. The van der Waals surface area contributed by atoms with Gasteiger partial charge in [-0.2, -0.15) is 0 Å². The first-order valence-corrected chi connectivity index (χ1v) is 9.65. The van der Waals surface area contributed by atoms with E-state index in [2.05, 4.69) is 27.1 Å². The van der Waals surface area contributed by atoms with Crippen molar-refractivity contribution in [3.05, 3.63) is 47.4 Å². The summed E-state index contributed by atoms with van der Waals surface area (Å²) < 4.78 is 4.96. The largest absolute Gasteiger partial charge is 0.462 e. The van der Waals surface area contributed by atoms with Gasteiger partial charge in [0.2, 0.25) is 0 Å². The lowest BCUT2D eigenvalue weighted by Gasteiger charge is -2.32. The number of hydrogen-bond acceptors (Lipinski definition) is 6. The Morgan fingerprint density at radius 1 is 1.25 bits per heavy atom. The number of aryl methyl sites for hydroxylation is 1. The molecule has 1 aliphatic heterocycles. The van der Waals surface area contributed by atoms with Gasteiger partial charge in [-0.05, 0) is 56.9 Å². The average Bonchev–Trinajstić information content (AvgIpc) is 2.68. The number of aromatic nitrogens is 2. The Morgan fingerprint density at radius 2 is 2.00 bits per heavy atom. The number of hydrogen-bond donors (Lipinski definition) is 1. The quantitative estimate of drug-likeness (QED) is 0.798. The molecule has 7 heteroatoms. The number of nitrogens with one attached hydrogen (secondary N) is 1. The highest BCUT2D eigenvalue weighted by Crippen LogP contribution is 2.22. The van der Waals surface area contributed by atoms with Gasteiger partial charge in [-0.15, -0.1) is 0 Å². The van der Waals surface area contributed by atoms with Crippen molar-refractivity contribution in [3.8, 4) is 0 Å². The van der Waals surface area contributed by atoms with Gasteiger partial charge in [-0.3, -0.25) is 4.79 Å². The first-order valence-electron chi connectivity index (χ1n) is 9.65. The first kappa shape index (κ1) is 19.8. The summed E-state index contributed by atoms with van der Waals surface area (Å²) in [4.78, 5) is 35.4. The van der Waals surface area contributed by atoms with Gasteiger partial charge >= 0.3 is 5.97 Å². The van der Waals surface area contributed by atoms with Crippen molar-refractivity contribution in [1.82, 2.24) is 9.97 Å². The normalized spacial score (nSPS) is 16.5. The van der Waals surface area contributed by atoms with E-state index >= 15 is 0 Å². The lowest BCUT2D eigenvalue weighted by molar-refractivity contribution is 0.0526. The smallest absolute Gasteiger partial charge is 0.338 e. The zero-order valence-corrected chi connectivity index (χ0v) is 16.6. The van der Waals surface area contributed by atoms with Gasteiger partial charge in [0.05, 0.1) is 12.2 Å². The van der Waals surface area contributed by atoms with Crippen LogP contribution in [0.4, 0.5) is 11.5 Å². The number of nitrogens with zero attached hydrogens (tertiary/aromatic N) is 3. The first-order chi connectivity index (χ1) is 13.5.